The maximum atomic E-state index is 6.45. The fourth-order valence-electron chi connectivity index (χ4n) is 8.19. The Morgan fingerprint density at radius 1 is 0.935 bits per heavy atom. The molecule has 0 radical (unpaired) electrons. The minimum Gasteiger partial charge on any atom is -0.330 e. The van der Waals surface area contributed by atoms with Gasteiger partial charge >= 0.3 is 0 Å². The zero-order valence-electron chi connectivity index (χ0n) is 30.2. The van der Waals surface area contributed by atoms with Gasteiger partial charge in [0.2, 0.25) is 0 Å². The van der Waals surface area contributed by atoms with Crippen LogP contribution in [0.5, 0.6) is 0 Å². The van der Waals surface area contributed by atoms with Gasteiger partial charge in [-0.15, -0.1) is 6.58 Å². The molecule has 3 aliphatic carbocycles. The molecule has 0 bridgehead atoms. The van der Waals surface area contributed by atoms with Gasteiger partial charge in [-0.25, -0.2) is 0 Å². The first kappa shape index (κ1) is 36.7. The summed E-state index contributed by atoms with van der Waals surface area (Å²) in [7, 11) is 0. The molecular formula is C44H68N2. The Morgan fingerprint density at radius 2 is 1.72 bits per heavy atom. The van der Waals surface area contributed by atoms with Crippen molar-refractivity contribution in [1.82, 2.24) is 4.90 Å². The smallest absolute Gasteiger partial charge is 0.0290 e. The Bertz CT molecular complexity index is 1190. The molecule has 4 rings (SSSR count). The van der Waals surface area contributed by atoms with Gasteiger partial charge in [0.15, 0.2) is 0 Å². The van der Waals surface area contributed by atoms with Crippen LogP contribution in [0.25, 0.3) is 0 Å². The molecule has 2 heteroatoms. The summed E-state index contributed by atoms with van der Waals surface area (Å²) < 4.78 is 0. The Labute approximate surface area is 284 Å². The highest BCUT2D eigenvalue weighted by atomic mass is 15.2. The van der Waals surface area contributed by atoms with Crippen molar-refractivity contribution in [3.05, 3.63) is 94.7 Å². The molecule has 4 aliphatic rings. The third-order valence-electron chi connectivity index (χ3n) is 11.7. The van der Waals surface area contributed by atoms with Gasteiger partial charge in [0.1, 0.15) is 0 Å². The molecule has 46 heavy (non-hydrogen) atoms. The lowest BCUT2D eigenvalue weighted by molar-refractivity contribution is 0.207. The van der Waals surface area contributed by atoms with E-state index in [1.165, 1.54) is 100 Å². The van der Waals surface area contributed by atoms with E-state index in [9.17, 15) is 0 Å². The highest BCUT2D eigenvalue weighted by Crippen LogP contribution is 2.38. The predicted octanol–water partition coefficient (Wildman–Crippen LogP) is 11.8. The molecule has 0 fully saturated rings. The molecule has 0 aromatic carbocycles. The van der Waals surface area contributed by atoms with E-state index in [0.29, 0.717) is 24.4 Å². The molecule has 0 saturated heterocycles. The average Bonchev–Trinajstić information content (AvgIpc) is 3.11. The summed E-state index contributed by atoms with van der Waals surface area (Å²) in [6, 6.07) is 0.451. The van der Waals surface area contributed by atoms with Gasteiger partial charge in [-0.3, -0.25) is 4.90 Å². The number of nitrogens with zero attached hydrogens (tertiary/aromatic N) is 1. The van der Waals surface area contributed by atoms with Crippen LogP contribution in [0.4, 0.5) is 0 Å². The highest BCUT2D eigenvalue weighted by molar-refractivity contribution is 5.53. The monoisotopic (exact) mass is 625 g/mol. The Hall–Kier alpha value is -2.16. The predicted molar refractivity (Wildman–Crippen MR) is 203 cm³/mol. The lowest BCUT2D eigenvalue weighted by Crippen LogP contribution is -2.42. The molecule has 1 aliphatic heterocycles. The number of allylic oxidation sites excluding steroid dienone is 12. The van der Waals surface area contributed by atoms with E-state index in [-0.39, 0.29) is 0 Å². The van der Waals surface area contributed by atoms with Gasteiger partial charge in [-0.05, 0) is 123 Å². The van der Waals surface area contributed by atoms with Crippen LogP contribution in [0, 0.1) is 23.7 Å². The number of rotatable bonds is 16. The largest absolute Gasteiger partial charge is 0.330 e. The van der Waals surface area contributed by atoms with Crippen molar-refractivity contribution in [2.24, 2.45) is 29.4 Å². The van der Waals surface area contributed by atoms with Crippen molar-refractivity contribution in [2.75, 3.05) is 19.6 Å². The molecule has 0 amide bonds. The summed E-state index contributed by atoms with van der Waals surface area (Å²) in [5.74, 6) is 2.61. The van der Waals surface area contributed by atoms with Gasteiger partial charge in [0.05, 0.1) is 0 Å². The number of fused-ring (bicyclic) bond motifs is 2. The molecule has 5 atom stereocenters. The fourth-order valence-corrected chi connectivity index (χ4v) is 8.19. The summed E-state index contributed by atoms with van der Waals surface area (Å²) in [4.78, 5) is 2.83. The Morgan fingerprint density at radius 3 is 2.48 bits per heavy atom. The van der Waals surface area contributed by atoms with Crippen LogP contribution in [-0.4, -0.2) is 30.6 Å². The number of unbranched alkanes of at least 4 members (excludes halogenated alkanes) is 6. The van der Waals surface area contributed by atoms with Crippen LogP contribution >= 0.6 is 0 Å². The minimum absolute atomic E-state index is 0.330. The van der Waals surface area contributed by atoms with Crippen LogP contribution in [-0.2, 0) is 0 Å². The van der Waals surface area contributed by atoms with Crippen LogP contribution in [0.3, 0.4) is 0 Å². The van der Waals surface area contributed by atoms with Crippen LogP contribution < -0.4 is 5.73 Å². The molecular weight excluding hydrogens is 556 g/mol. The summed E-state index contributed by atoms with van der Waals surface area (Å²) in [5, 5.41) is 0. The van der Waals surface area contributed by atoms with E-state index in [4.69, 9.17) is 5.73 Å². The van der Waals surface area contributed by atoms with E-state index < -0.39 is 0 Å². The van der Waals surface area contributed by atoms with E-state index in [1.807, 2.05) is 0 Å². The molecule has 2 N–H and O–H groups in total. The first-order valence-corrected chi connectivity index (χ1v) is 19.3. The highest BCUT2D eigenvalue weighted by Gasteiger charge is 2.31. The zero-order chi connectivity index (χ0) is 32.7. The summed E-state index contributed by atoms with van der Waals surface area (Å²) >= 11 is 0. The van der Waals surface area contributed by atoms with E-state index in [1.54, 1.807) is 16.7 Å². The normalized spacial score (nSPS) is 30.8. The summed E-state index contributed by atoms with van der Waals surface area (Å²) in [6.45, 7) is 16.2. The first-order valence-electron chi connectivity index (χ1n) is 19.3. The van der Waals surface area contributed by atoms with E-state index in [0.717, 1.165) is 44.2 Å². The second kappa shape index (κ2) is 19.6. The standard InChI is InChI=1S/C44H68N2/c1-6-19-39(31-45)40-27-26-35(4)36(5)43-24-17-18-25-44(43)41(23-14-12-10-8-9-11-13-20-34(3)7-2)33-46(32-40)42-29-28-37-21-15-16-22-38(37)30-42/h6,16,18,22,25-29,34,37-39,42H,1,7-15,17,19-21,23-24,30-33,45H2,2-5H3/b35-26+,40-27+,43-36+,44-41-/t34?,37?,38-,39?,42?/m0/s1. The minimum atomic E-state index is 0.330. The van der Waals surface area contributed by atoms with Gasteiger partial charge < -0.3 is 5.73 Å². The van der Waals surface area contributed by atoms with Gasteiger partial charge in [-0.1, -0.05) is 125 Å². The fraction of sp³-hybridized carbons (Fsp3) is 0.636. The Kier molecular flexibility index (Phi) is 15.6. The summed E-state index contributed by atoms with van der Waals surface area (Å²) in [5.41, 5.74) is 15.6. The van der Waals surface area contributed by atoms with Crippen molar-refractivity contribution in [3.63, 3.8) is 0 Å². The molecule has 0 spiro atoms. The first-order chi connectivity index (χ1) is 22.4. The molecule has 1 heterocycles. The van der Waals surface area contributed by atoms with Gasteiger partial charge in [0.25, 0.3) is 0 Å². The SMILES string of the molecule is C=CCC(CN)/C1=C/C=C(C)/C(C)=C2\CCC=C\C2=C(/CCCCCCCCCC(C)CC)CN(C2C=CC3CCC=C[C@H]3C2)C1. The molecule has 2 nitrogen and oxygen atoms in total. The lowest BCUT2D eigenvalue weighted by Gasteiger charge is -2.40. The number of hydrogen-bond donors (Lipinski definition) is 1. The van der Waals surface area contributed by atoms with E-state index >= 15 is 0 Å². The zero-order valence-corrected chi connectivity index (χ0v) is 30.2. The third-order valence-corrected chi connectivity index (χ3v) is 11.7. The topological polar surface area (TPSA) is 29.3 Å². The van der Waals surface area contributed by atoms with Crippen molar-refractivity contribution in [1.29, 1.82) is 0 Å². The maximum Gasteiger partial charge on any atom is 0.0290 e. The molecule has 0 saturated carbocycles. The van der Waals surface area contributed by atoms with Crippen molar-refractivity contribution >= 4 is 0 Å². The second-order valence-corrected chi connectivity index (χ2v) is 15.1. The summed E-state index contributed by atoms with van der Waals surface area (Å²) in [6.07, 6.45) is 42.5. The third kappa shape index (κ3) is 10.7. The second-order valence-electron chi connectivity index (χ2n) is 15.1. The van der Waals surface area contributed by atoms with Crippen molar-refractivity contribution in [3.8, 4) is 0 Å². The number of hydrogen-bond acceptors (Lipinski definition) is 2. The molecule has 254 valence electrons. The van der Waals surface area contributed by atoms with Gasteiger partial charge in [-0.2, -0.15) is 0 Å². The van der Waals surface area contributed by atoms with Crippen LogP contribution in [0.1, 0.15) is 130 Å². The van der Waals surface area contributed by atoms with Crippen molar-refractivity contribution < 1.29 is 0 Å². The molecule has 0 aromatic rings. The van der Waals surface area contributed by atoms with Crippen molar-refractivity contribution in [2.45, 2.75) is 136 Å². The van der Waals surface area contributed by atoms with E-state index in [2.05, 4.69) is 93.9 Å². The average molecular weight is 625 g/mol. The van der Waals surface area contributed by atoms with Crippen LogP contribution in [0.2, 0.25) is 0 Å². The molecule has 4 unspecified atom stereocenters. The van der Waals surface area contributed by atoms with Crippen LogP contribution in [0.15, 0.2) is 94.7 Å². The Balaban J connectivity index is 1.58. The molecule has 0 aromatic heterocycles. The lowest BCUT2D eigenvalue weighted by atomic mass is 9.76. The number of nitrogens with two attached hydrogens (primary N) is 1. The quantitative estimate of drug-likeness (QED) is 0.137. The van der Waals surface area contributed by atoms with Gasteiger partial charge in [0, 0.05) is 19.1 Å². The maximum absolute atomic E-state index is 6.45.